The lowest BCUT2D eigenvalue weighted by atomic mass is 10.1. The van der Waals surface area contributed by atoms with Gasteiger partial charge < -0.3 is 14.8 Å². The number of carbonyl (C=O) groups is 2. The highest BCUT2D eigenvalue weighted by molar-refractivity contribution is 7.91. The second kappa shape index (κ2) is 8.05. The van der Waals surface area contributed by atoms with E-state index in [0.717, 1.165) is 0 Å². The molecule has 1 amide bonds. The van der Waals surface area contributed by atoms with E-state index in [0.29, 0.717) is 22.8 Å². The minimum atomic E-state index is -3.09. The van der Waals surface area contributed by atoms with Crippen molar-refractivity contribution in [3.8, 4) is 5.75 Å². The fourth-order valence-electron chi connectivity index (χ4n) is 2.56. The lowest BCUT2D eigenvalue weighted by Gasteiger charge is -2.17. The van der Waals surface area contributed by atoms with Crippen molar-refractivity contribution >= 4 is 33.3 Å². The molecule has 0 saturated carbocycles. The van der Waals surface area contributed by atoms with Crippen LogP contribution in [-0.4, -0.2) is 51.1 Å². The fraction of sp³-hybridized carbons (Fsp3) is 0.500. The minimum Gasteiger partial charge on any atom is -0.496 e. The lowest BCUT2D eigenvalue weighted by molar-refractivity contribution is -0.154. The molecule has 0 aromatic heterocycles. The molecule has 0 spiro atoms. The van der Waals surface area contributed by atoms with Gasteiger partial charge in [-0.25, -0.2) is 8.42 Å². The molecule has 1 fully saturated rings. The molecule has 1 aliphatic heterocycles. The Bertz CT molecular complexity index is 764. The number of methoxy groups -OCH3 is 1. The Morgan fingerprint density at radius 1 is 1.40 bits per heavy atom. The molecule has 1 N–H and O–H groups in total. The number of amides is 1. The SMILES string of the molecule is COc1ccc(Cl)cc1CC(=O)O[C@@H](C)C(=O)N[C@@H]1CCS(=O)(=O)C1. The summed E-state index contributed by atoms with van der Waals surface area (Å²) in [4.78, 5) is 24.1. The molecule has 7 nitrogen and oxygen atoms in total. The number of hydrogen-bond donors (Lipinski definition) is 1. The van der Waals surface area contributed by atoms with Gasteiger partial charge in [-0.15, -0.1) is 0 Å². The smallest absolute Gasteiger partial charge is 0.311 e. The molecule has 138 valence electrons. The van der Waals surface area contributed by atoms with E-state index in [1.165, 1.54) is 14.0 Å². The van der Waals surface area contributed by atoms with Crippen molar-refractivity contribution in [1.82, 2.24) is 5.32 Å². The summed E-state index contributed by atoms with van der Waals surface area (Å²) in [6.07, 6.45) is -0.755. The van der Waals surface area contributed by atoms with Gasteiger partial charge >= 0.3 is 5.97 Å². The number of hydrogen-bond acceptors (Lipinski definition) is 6. The van der Waals surface area contributed by atoms with E-state index in [1.807, 2.05) is 0 Å². The van der Waals surface area contributed by atoms with Crippen molar-refractivity contribution < 1.29 is 27.5 Å². The number of halogens is 1. The standard InChI is InChI=1S/C16H20ClNO6S/c1-10(16(20)18-13-5-6-25(21,22)9-13)24-15(19)8-11-7-12(17)3-4-14(11)23-2/h3-4,7,10,13H,5-6,8-9H2,1-2H3,(H,18,20)/t10-,13+/m0/s1. The molecule has 25 heavy (non-hydrogen) atoms. The first kappa shape index (κ1) is 19.5. The van der Waals surface area contributed by atoms with Crippen LogP contribution in [0.3, 0.4) is 0 Å². The van der Waals surface area contributed by atoms with Crippen LogP contribution in [0.4, 0.5) is 0 Å². The van der Waals surface area contributed by atoms with Gasteiger partial charge in [0.1, 0.15) is 5.75 Å². The van der Waals surface area contributed by atoms with Crippen LogP contribution in [0.25, 0.3) is 0 Å². The van der Waals surface area contributed by atoms with Gasteiger partial charge in [0, 0.05) is 16.6 Å². The Hall–Kier alpha value is -1.80. The highest BCUT2D eigenvalue weighted by atomic mass is 35.5. The summed E-state index contributed by atoms with van der Waals surface area (Å²) in [7, 11) is -1.62. The van der Waals surface area contributed by atoms with Gasteiger partial charge in [-0.2, -0.15) is 0 Å². The molecule has 9 heteroatoms. The molecule has 2 rings (SSSR count). The average molecular weight is 390 g/mol. The lowest BCUT2D eigenvalue weighted by Crippen LogP contribution is -2.42. The maximum Gasteiger partial charge on any atom is 0.311 e. The highest BCUT2D eigenvalue weighted by Crippen LogP contribution is 2.23. The van der Waals surface area contributed by atoms with Gasteiger partial charge in [-0.1, -0.05) is 11.6 Å². The largest absolute Gasteiger partial charge is 0.496 e. The van der Waals surface area contributed by atoms with Crippen molar-refractivity contribution in [2.45, 2.75) is 31.9 Å². The third-order valence-corrected chi connectivity index (χ3v) is 5.84. The third kappa shape index (κ3) is 5.61. The summed E-state index contributed by atoms with van der Waals surface area (Å²) in [5.74, 6) is -0.662. The quantitative estimate of drug-likeness (QED) is 0.732. The summed E-state index contributed by atoms with van der Waals surface area (Å²) in [5, 5.41) is 3.05. The van der Waals surface area contributed by atoms with E-state index in [4.69, 9.17) is 21.1 Å². The molecule has 1 aromatic carbocycles. The minimum absolute atomic E-state index is 0.0562. The predicted molar refractivity (Wildman–Crippen MR) is 92.5 cm³/mol. The van der Waals surface area contributed by atoms with Crippen LogP contribution < -0.4 is 10.1 Å². The first-order valence-corrected chi connectivity index (χ1v) is 9.93. The molecule has 1 heterocycles. The molecular weight excluding hydrogens is 370 g/mol. The zero-order valence-electron chi connectivity index (χ0n) is 14.0. The topological polar surface area (TPSA) is 98.8 Å². The molecule has 0 bridgehead atoms. The van der Waals surface area contributed by atoms with Crippen LogP contribution in [0, 0.1) is 0 Å². The van der Waals surface area contributed by atoms with Gasteiger partial charge in [0.2, 0.25) is 0 Å². The maximum absolute atomic E-state index is 12.1. The van der Waals surface area contributed by atoms with Crippen LogP contribution in [0.15, 0.2) is 18.2 Å². The van der Waals surface area contributed by atoms with Gasteiger partial charge in [0.05, 0.1) is 25.0 Å². The van der Waals surface area contributed by atoms with Crippen LogP contribution >= 0.6 is 11.6 Å². The summed E-state index contributed by atoms with van der Waals surface area (Å²) < 4.78 is 33.1. The molecule has 0 unspecified atom stereocenters. The van der Waals surface area contributed by atoms with Crippen LogP contribution in [-0.2, 0) is 30.6 Å². The molecule has 0 aliphatic carbocycles. The van der Waals surface area contributed by atoms with Gasteiger partial charge in [-0.3, -0.25) is 9.59 Å². The first-order valence-electron chi connectivity index (χ1n) is 7.73. The number of rotatable bonds is 6. The van der Waals surface area contributed by atoms with Crippen molar-refractivity contribution in [1.29, 1.82) is 0 Å². The highest BCUT2D eigenvalue weighted by Gasteiger charge is 2.30. The summed E-state index contributed by atoms with van der Waals surface area (Å²) >= 11 is 5.91. The summed E-state index contributed by atoms with van der Waals surface area (Å²) in [5.41, 5.74) is 0.550. The van der Waals surface area contributed by atoms with E-state index in [2.05, 4.69) is 5.32 Å². The monoisotopic (exact) mass is 389 g/mol. The van der Waals surface area contributed by atoms with E-state index < -0.39 is 33.9 Å². The zero-order chi connectivity index (χ0) is 18.6. The molecular formula is C16H20ClNO6S. The Labute approximate surface area is 151 Å². The van der Waals surface area contributed by atoms with E-state index in [1.54, 1.807) is 18.2 Å². The zero-order valence-corrected chi connectivity index (χ0v) is 15.5. The molecule has 1 aliphatic rings. The average Bonchev–Trinajstić information content (AvgIpc) is 2.86. The predicted octanol–water partition coefficient (Wildman–Crippen LogP) is 1.13. The molecule has 0 radical (unpaired) electrons. The Kier molecular flexibility index (Phi) is 6.29. The second-order valence-electron chi connectivity index (χ2n) is 5.87. The van der Waals surface area contributed by atoms with Crippen molar-refractivity contribution in [2.75, 3.05) is 18.6 Å². The summed E-state index contributed by atoms with van der Waals surface area (Å²) in [6.45, 7) is 1.44. The number of ether oxygens (including phenoxy) is 2. The molecule has 2 atom stereocenters. The number of carbonyl (C=O) groups excluding carboxylic acids is 2. The molecule has 1 saturated heterocycles. The van der Waals surface area contributed by atoms with Crippen LogP contribution in [0.1, 0.15) is 18.9 Å². The van der Waals surface area contributed by atoms with Gasteiger partial charge in [0.25, 0.3) is 5.91 Å². The number of sulfone groups is 1. The second-order valence-corrected chi connectivity index (χ2v) is 8.54. The number of esters is 1. The Morgan fingerprint density at radius 2 is 2.12 bits per heavy atom. The van der Waals surface area contributed by atoms with Crippen LogP contribution in [0.2, 0.25) is 5.02 Å². The summed E-state index contributed by atoms with van der Waals surface area (Å²) in [6, 6.07) is 4.44. The molecule has 1 aromatic rings. The number of nitrogens with one attached hydrogen (secondary N) is 1. The maximum atomic E-state index is 12.1. The van der Waals surface area contributed by atoms with Gasteiger partial charge in [0.15, 0.2) is 15.9 Å². The van der Waals surface area contributed by atoms with Crippen molar-refractivity contribution in [2.24, 2.45) is 0 Å². The number of benzene rings is 1. The van der Waals surface area contributed by atoms with Crippen molar-refractivity contribution in [3.63, 3.8) is 0 Å². The van der Waals surface area contributed by atoms with E-state index >= 15 is 0 Å². The van der Waals surface area contributed by atoms with E-state index in [9.17, 15) is 18.0 Å². The Morgan fingerprint density at radius 3 is 2.72 bits per heavy atom. The van der Waals surface area contributed by atoms with Crippen molar-refractivity contribution in [3.05, 3.63) is 28.8 Å². The van der Waals surface area contributed by atoms with E-state index in [-0.39, 0.29) is 17.9 Å². The Balaban J connectivity index is 1.89. The third-order valence-electron chi connectivity index (χ3n) is 3.83. The fourth-order valence-corrected chi connectivity index (χ4v) is 4.43. The van der Waals surface area contributed by atoms with Crippen LogP contribution in [0.5, 0.6) is 5.75 Å². The normalized spacial score (nSPS) is 19.9. The first-order chi connectivity index (χ1) is 11.7. The van der Waals surface area contributed by atoms with Gasteiger partial charge in [-0.05, 0) is 31.5 Å².